The van der Waals surface area contributed by atoms with Gasteiger partial charge < -0.3 is 9.72 Å². The molecule has 0 aliphatic rings. The average Bonchev–Trinajstić information content (AvgIpc) is 3.09. The summed E-state index contributed by atoms with van der Waals surface area (Å²) in [5.74, 6) is 0.406. The molecule has 3 aromatic heterocycles. The lowest BCUT2D eigenvalue weighted by atomic mass is 10.1. The zero-order chi connectivity index (χ0) is 17.6. The molecule has 6 heteroatoms. The lowest BCUT2D eigenvalue weighted by molar-refractivity contribution is 0.0920. The highest BCUT2D eigenvalue weighted by Crippen LogP contribution is 2.33. The van der Waals surface area contributed by atoms with Crippen LogP contribution in [0, 0.1) is 20.8 Å². The largest absolute Gasteiger partial charge is 0.469 e. The Morgan fingerprint density at radius 3 is 2.84 bits per heavy atom. The Balaban J connectivity index is 1.65. The first kappa shape index (κ1) is 15.8. The number of hydrogen-bond acceptors (Lipinski definition) is 5. The van der Waals surface area contributed by atoms with Gasteiger partial charge in [0.05, 0.1) is 5.39 Å². The number of carbonyl (C=O) groups excluding carboxylic acids is 1. The first-order chi connectivity index (χ1) is 12.1. The molecule has 0 radical (unpaired) electrons. The van der Waals surface area contributed by atoms with Crippen molar-refractivity contribution >= 4 is 38.2 Å². The molecule has 0 aliphatic carbocycles. The molecule has 3 heterocycles. The quantitative estimate of drug-likeness (QED) is 0.555. The number of nitrogens with zero attached hydrogens (tertiary/aromatic N) is 2. The zero-order valence-corrected chi connectivity index (χ0v) is 15.0. The normalized spacial score (nSPS) is 11.3. The van der Waals surface area contributed by atoms with Crippen molar-refractivity contribution in [3.63, 3.8) is 0 Å². The summed E-state index contributed by atoms with van der Waals surface area (Å²) in [6, 6.07) is 7.79. The maximum atomic E-state index is 12.8. The fourth-order valence-corrected chi connectivity index (χ4v) is 4.09. The van der Waals surface area contributed by atoms with Crippen LogP contribution in [0.3, 0.4) is 0 Å². The van der Waals surface area contributed by atoms with Crippen LogP contribution in [0.15, 0.2) is 30.6 Å². The molecule has 1 N–H and O–H groups in total. The molecule has 25 heavy (non-hydrogen) atoms. The van der Waals surface area contributed by atoms with E-state index >= 15 is 0 Å². The number of ketones is 1. The molecule has 0 atom stereocenters. The van der Waals surface area contributed by atoms with Crippen molar-refractivity contribution in [2.24, 2.45) is 0 Å². The molecule has 0 spiro atoms. The Hall–Kier alpha value is -2.73. The van der Waals surface area contributed by atoms with Gasteiger partial charge >= 0.3 is 0 Å². The molecule has 4 aromatic rings. The topological polar surface area (TPSA) is 67.9 Å². The van der Waals surface area contributed by atoms with Gasteiger partial charge in [-0.1, -0.05) is 18.2 Å². The van der Waals surface area contributed by atoms with Crippen molar-refractivity contribution < 1.29 is 9.53 Å². The lowest BCUT2D eigenvalue weighted by Gasteiger charge is -2.06. The predicted molar refractivity (Wildman–Crippen MR) is 99.8 cm³/mol. The van der Waals surface area contributed by atoms with Gasteiger partial charge in [-0.05, 0) is 32.4 Å². The van der Waals surface area contributed by atoms with Gasteiger partial charge in [0.15, 0.2) is 6.61 Å². The number of rotatable bonds is 4. The first-order valence-corrected chi connectivity index (χ1v) is 8.82. The van der Waals surface area contributed by atoms with Crippen LogP contribution in [-0.2, 0) is 0 Å². The van der Waals surface area contributed by atoms with E-state index in [1.54, 1.807) is 11.3 Å². The van der Waals surface area contributed by atoms with E-state index in [2.05, 4.69) is 15.0 Å². The van der Waals surface area contributed by atoms with Crippen molar-refractivity contribution in [3.05, 3.63) is 52.3 Å². The van der Waals surface area contributed by atoms with Crippen molar-refractivity contribution in [3.8, 4) is 5.88 Å². The van der Waals surface area contributed by atoms with E-state index in [0.717, 1.165) is 32.4 Å². The number of ether oxygens (including phenoxy) is 1. The number of aryl methyl sites for hydroxylation is 3. The molecule has 0 aliphatic heterocycles. The minimum Gasteiger partial charge on any atom is -0.469 e. The molecular formula is C19H17N3O2S. The fraction of sp³-hybridized carbons (Fsp3) is 0.211. The van der Waals surface area contributed by atoms with Crippen LogP contribution in [0.2, 0.25) is 0 Å². The third kappa shape index (κ3) is 2.59. The summed E-state index contributed by atoms with van der Waals surface area (Å²) in [5, 5.41) is 1.82. The van der Waals surface area contributed by atoms with Gasteiger partial charge in [0.25, 0.3) is 0 Å². The molecule has 0 saturated carbocycles. The fourth-order valence-electron chi connectivity index (χ4n) is 3.10. The molecule has 0 unspecified atom stereocenters. The van der Waals surface area contributed by atoms with Crippen LogP contribution in [0.5, 0.6) is 5.88 Å². The molecule has 0 saturated heterocycles. The van der Waals surface area contributed by atoms with Crippen LogP contribution in [0.1, 0.15) is 26.5 Å². The van der Waals surface area contributed by atoms with Crippen LogP contribution in [0.25, 0.3) is 21.1 Å². The molecular weight excluding hydrogens is 334 g/mol. The van der Waals surface area contributed by atoms with Crippen LogP contribution >= 0.6 is 11.3 Å². The van der Waals surface area contributed by atoms with E-state index in [1.165, 1.54) is 11.2 Å². The second-order valence-corrected chi connectivity index (χ2v) is 7.23. The number of benzene rings is 1. The summed E-state index contributed by atoms with van der Waals surface area (Å²) in [7, 11) is 0. The van der Waals surface area contributed by atoms with E-state index in [9.17, 15) is 4.79 Å². The first-order valence-electron chi connectivity index (χ1n) is 8.00. The van der Waals surface area contributed by atoms with Gasteiger partial charge in [0.1, 0.15) is 11.2 Å². The predicted octanol–water partition coefficient (Wildman–Crippen LogP) is 4.36. The zero-order valence-electron chi connectivity index (χ0n) is 14.2. The molecule has 126 valence electrons. The number of Topliss-reactive ketones (excluding diaryl/α,β-unsaturated/α-hetero) is 1. The number of aromatic nitrogens is 3. The van der Waals surface area contributed by atoms with Crippen molar-refractivity contribution in [1.29, 1.82) is 0 Å². The van der Waals surface area contributed by atoms with E-state index in [4.69, 9.17) is 4.74 Å². The maximum Gasteiger partial charge on any atom is 0.226 e. The molecule has 1 aromatic carbocycles. The summed E-state index contributed by atoms with van der Waals surface area (Å²) in [4.78, 5) is 26.6. The van der Waals surface area contributed by atoms with Crippen molar-refractivity contribution in [1.82, 2.24) is 15.0 Å². The number of fused-ring (bicyclic) bond motifs is 2. The van der Waals surface area contributed by atoms with Gasteiger partial charge in [-0.25, -0.2) is 9.97 Å². The van der Waals surface area contributed by atoms with E-state index in [1.807, 2.05) is 45.0 Å². The molecule has 0 fully saturated rings. The Labute approximate surface area is 148 Å². The number of thiophene rings is 1. The Kier molecular flexibility index (Phi) is 3.77. The summed E-state index contributed by atoms with van der Waals surface area (Å²) in [6.45, 7) is 5.92. The van der Waals surface area contributed by atoms with Crippen LogP contribution in [-0.4, -0.2) is 27.3 Å². The van der Waals surface area contributed by atoms with Gasteiger partial charge in [-0.2, -0.15) is 0 Å². The molecule has 5 nitrogen and oxygen atoms in total. The smallest absolute Gasteiger partial charge is 0.226 e. The van der Waals surface area contributed by atoms with E-state index < -0.39 is 0 Å². The van der Waals surface area contributed by atoms with E-state index in [0.29, 0.717) is 11.4 Å². The monoisotopic (exact) mass is 351 g/mol. The number of hydrogen-bond donors (Lipinski definition) is 1. The SMILES string of the molecule is Cc1[nH]c2ccccc2c1C(=O)COc1ncnc2sc(C)c(C)c12. The lowest BCUT2D eigenvalue weighted by Crippen LogP contribution is -2.13. The van der Waals surface area contributed by atoms with Crippen molar-refractivity contribution in [2.45, 2.75) is 20.8 Å². The average molecular weight is 351 g/mol. The van der Waals surface area contributed by atoms with Gasteiger partial charge in [0.2, 0.25) is 11.7 Å². The molecule has 0 amide bonds. The van der Waals surface area contributed by atoms with Gasteiger partial charge in [0, 0.05) is 27.0 Å². The summed E-state index contributed by atoms with van der Waals surface area (Å²) in [5.41, 5.74) is 3.59. The van der Waals surface area contributed by atoms with Crippen molar-refractivity contribution in [2.75, 3.05) is 6.61 Å². The minimum absolute atomic E-state index is 0.0524. The number of H-pyrrole nitrogens is 1. The summed E-state index contributed by atoms with van der Waals surface area (Å²) >= 11 is 1.61. The third-order valence-electron chi connectivity index (χ3n) is 4.44. The second kappa shape index (κ2) is 5.97. The number of aromatic amines is 1. The summed E-state index contributed by atoms with van der Waals surface area (Å²) < 4.78 is 5.80. The van der Waals surface area contributed by atoms with Crippen LogP contribution < -0.4 is 4.74 Å². The Bertz CT molecular complexity index is 1110. The highest BCUT2D eigenvalue weighted by atomic mass is 32.1. The van der Waals surface area contributed by atoms with Crippen LogP contribution in [0.4, 0.5) is 0 Å². The number of carbonyl (C=O) groups is 1. The number of para-hydroxylation sites is 1. The minimum atomic E-state index is -0.0636. The second-order valence-electron chi connectivity index (χ2n) is 6.02. The third-order valence-corrected chi connectivity index (χ3v) is 5.56. The highest BCUT2D eigenvalue weighted by Gasteiger charge is 2.18. The molecule has 4 rings (SSSR count). The van der Waals surface area contributed by atoms with E-state index in [-0.39, 0.29) is 12.4 Å². The maximum absolute atomic E-state index is 12.8. The van der Waals surface area contributed by atoms with Gasteiger partial charge in [-0.15, -0.1) is 11.3 Å². The Morgan fingerprint density at radius 2 is 2.00 bits per heavy atom. The summed E-state index contributed by atoms with van der Waals surface area (Å²) in [6.07, 6.45) is 1.48. The van der Waals surface area contributed by atoms with Gasteiger partial charge in [-0.3, -0.25) is 4.79 Å². The Morgan fingerprint density at radius 1 is 1.20 bits per heavy atom. The standard InChI is InChI=1S/C19H17N3O2S/c1-10-12(3)25-19-16(10)18(20-9-21-19)24-8-15(23)17-11(2)22-14-7-5-4-6-13(14)17/h4-7,9,22H,8H2,1-3H3. The molecule has 0 bridgehead atoms. The number of nitrogens with one attached hydrogen (secondary N) is 1. The highest BCUT2D eigenvalue weighted by molar-refractivity contribution is 7.18.